The van der Waals surface area contributed by atoms with Crippen LogP contribution in [0.5, 0.6) is 0 Å². The van der Waals surface area contributed by atoms with Crippen LogP contribution in [0.2, 0.25) is 0 Å². The van der Waals surface area contributed by atoms with E-state index in [4.69, 9.17) is 5.11 Å². The average molecular weight is 349 g/mol. The van der Waals surface area contributed by atoms with Gasteiger partial charge in [-0.05, 0) is 32.1 Å². The van der Waals surface area contributed by atoms with Crippen LogP contribution in [0.4, 0.5) is 0 Å². The van der Waals surface area contributed by atoms with Gasteiger partial charge in [0.15, 0.2) is 0 Å². The zero-order valence-corrected chi connectivity index (χ0v) is 15.4. The van der Waals surface area contributed by atoms with E-state index in [9.17, 15) is 14.7 Å². The van der Waals surface area contributed by atoms with Crippen LogP contribution >= 0.6 is 0 Å². The summed E-state index contributed by atoms with van der Waals surface area (Å²) in [5.74, 6) is 5.30. The molecule has 0 bridgehead atoms. The van der Waals surface area contributed by atoms with Gasteiger partial charge in [0.1, 0.15) is 0 Å². The molecule has 0 aromatic rings. The maximum absolute atomic E-state index is 12.0. The number of amides is 1. The molecule has 25 heavy (non-hydrogen) atoms. The van der Waals surface area contributed by atoms with Gasteiger partial charge in [-0.15, -0.1) is 11.8 Å². The summed E-state index contributed by atoms with van der Waals surface area (Å²) in [5.41, 5.74) is 0. The van der Waals surface area contributed by atoms with Crippen LogP contribution in [0.1, 0.15) is 65.2 Å². The summed E-state index contributed by atoms with van der Waals surface area (Å²) in [6.07, 6.45) is 8.82. The Morgan fingerprint density at radius 2 is 2.08 bits per heavy atom. The lowest BCUT2D eigenvalue weighted by Gasteiger charge is -2.23. The van der Waals surface area contributed by atoms with Gasteiger partial charge in [-0.3, -0.25) is 9.59 Å². The molecule has 0 aliphatic carbocycles. The topological polar surface area (TPSA) is 77.8 Å². The zero-order chi connectivity index (χ0) is 18.7. The fourth-order valence-corrected chi connectivity index (χ4v) is 2.97. The van der Waals surface area contributed by atoms with E-state index >= 15 is 0 Å². The molecule has 1 aliphatic rings. The van der Waals surface area contributed by atoms with Crippen molar-refractivity contribution >= 4 is 11.9 Å². The van der Waals surface area contributed by atoms with Crippen molar-refractivity contribution in [2.75, 3.05) is 6.54 Å². The number of unbranched alkanes of at least 4 members (excludes halogenated alkanes) is 3. The van der Waals surface area contributed by atoms with E-state index in [2.05, 4.69) is 11.8 Å². The molecule has 3 atom stereocenters. The van der Waals surface area contributed by atoms with Gasteiger partial charge in [0.05, 0.1) is 12.1 Å². The number of likely N-dealkylation sites (tertiary alicyclic amines) is 1. The largest absolute Gasteiger partial charge is 0.481 e. The third-order valence-corrected chi connectivity index (χ3v) is 4.63. The van der Waals surface area contributed by atoms with Gasteiger partial charge >= 0.3 is 5.97 Å². The number of carboxylic acids is 1. The highest BCUT2D eigenvalue weighted by atomic mass is 16.4. The standard InChI is InChI=1S/C20H31NO4/c1-3-4-9-16(2)18(22)13-11-17-12-14-19(23)21(17)15-8-6-5-7-10-20(24)25/h11,13,16-18,22H,5-10,12,14-15H2,1-2H3,(H,24,25)/b13-11+/t16-,17-,18+/m0/s1. The molecule has 1 amide bonds. The number of hydrogen-bond acceptors (Lipinski definition) is 3. The second kappa shape index (κ2) is 11.7. The second-order valence-electron chi connectivity index (χ2n) is 6.73. The van der Waals surface area contributed by atoms with Crippen molar-refractivity contribution in [3.05, 3.63) is 12.2 Å². The van der Waals surface area contributed by atoms with Crippen molar-refractivity contribution < 1.29 is 19.8 Å². The van der Waals surface area contributed by atoms with Crippen LogP contribution in [-0.4, -0.2) is 45.7 Å². The van der Waals surface area contributed by atoms with Crippen LogP contribution in [-0.2, 0) is 9.59 Å². The summed E-state index contributed by atoms with van der Waals surface area (Å²) < 4.78 is 0. The summed E-state index contributed by atoms with van der Waals surface area (Å²) in [6, 6.07) is 0.0608. The Hall–Kier alpha value is -1.80. The molecule has 2 N–H and O–H groups in total. The molecule has 5 nitrogen and oxygen atoms in total. The first-order chi connectivity index (χ1) is 12.0. The van der Waals surface area contributed by atoms with E-state index < -0.39 is 12.1 Å². The van der Waals surface area contributed by atoms with Crippen LogP contribution in [0.3, 0.4) is 0 Å². The monoisotopic (exact) mass is 349 g/mol. The number of carboxylic acid groups (broad SMARTS) is 1. The van der Waals surface area contributed by atoms with Gasteiger partial charge in [-0.25, -0.2) is 0 Å². The summed E-state index contributed by atoms with van der Waals surface area (Å²) in [4.78, 5) is 24.4. The second-order valence-corrected chi connectivity index (χ2v) is 6.73. The quantitative estimate of drug-likeness (QED) is 0.341. The fraction of sp³-hybridized carbons (Fsp3) is 0.700. The molecule has 1 heterocycles. The Balaban J connectivity index is 2.39. The van der Waals surface area contributed by atoms with Crippen molar-refractivity contribution in [3.63, 3.8) is 0 Å². The fourth-order valence-electron chi connectivity index (χ4n) is 2.97. The molecule has 0 spiro atoms. The first kappa shape index (κ1) is 21.2. The maximum Gasteiger partial charge on any atom is 0.303 e. The predicted molar refractivity (Wildman–Crippen MR) is 97.8 cm³/mol. The predicted octanol–water partition coefficient (Wildman–Crippen LogP) is 2.98. The molecule has 5 heteroatoms. The number of aliphatic carboxylic acids is 1. The Morgan fingerprint density at radius 3 is 2.76 bits per heavy atom. The molecule has 1 fully saturated rings. The van der Waals surface area contributed by atoms with Gasteiger partial charge in [0.2, 0.25) is 5.91 Å². The minimum atomic E-state index is -0.752. The average Bonchev–Trinajstić information content (AvgIpc) is 2.93. The highest BCUT2D eigenvalue weighted by Crippen LogP contribution is 2.21. The molecule has 1 aliphatic heterocycles. The Labute approximate surface area is 151 Å². The molecule has 0 unspecified atom stereocenters. The van der Waals surface area contributed by atoms with E-state index in [1.165, 1.54) is 0 Å². The number of aliphatic hydroxyl groups excluding tert-OH is 1. The normalized spacial score (nSPS) is 19.7. The Kier molecular flexibility index (Phi) is 9.94. The van der Waals surface area contributed by atoms with Crippen molar-refractivity contribution in [1.82, 2.24) is 4.90 Å². The molecule has 1 rings (SSSR count). The van der Waals surface area contributed by atoms with Crippen molar-refractivity contribution in [1.29, 1.82) is 0 Å². The van der Waals surface area contributed by atoms with Crippen LogP contribution in [0.15, 0.2) is 12.2 Å². The van der Waals surface area contributed by atoms with Gasteiger partial charge in [0.25, 0.3) is 0 Å². The van der Waals surface area contributed by atoms with Crippen LogP contribution in [0.25, 0.3) is 0 Å². The first-order valence-corrected chi connectivity index (χ1v) is 9.23. The number of nitrogens with zero attached hydrogens (tertiary/aromatic N) is 1. The van der Waals surface area contributed by atoms with Gasteiger partial charge in [0, 0.05) is 25.8 Å². The highest BCUT2D eigenvalue weighted by Gasteiger charge is 2.28. The summed E-state index contributed by atoms with van der Waals surface area (Å²) in [5, 5.41) is 18.8. The van der Waals surface area contributed by atoms with Crippen LogP contribution < -0.4 is 0 Å². The number of carbonyl (C=O) groups is 2. The van der Waals surface area contributed by atoms with Crippen molar-refractivity contribution in [2.24, 2.45) is 5.92 Å². The first-order valence-electron chi connectivity index (χ1n) is 9.23. The lowest BCUT2D eigenvalue weighted by atomic mass is 10.00. The van der Waals surface area contributed by atoms with E-state index in [1.807, 2.05) is 17.9 Å². The lowest BCUT2D eigenvalue weighted by molar-refractivity contribution is -0.137. The van der Waals surface area contributed by atoms with Crippen LogP contribution in [0, 0.1) is 17.8 Å². The SMILES string of the molecule is CC#CC[C@H](C)[C@H](O)/C=C/[C@H]1CCC(=O)N1CCCCCCC(=O)O. The highest BCUT2D eigenvalue weighted by molar-refractivity contribution is 5.79. The summed E-state index contributed by atoms with van der Waals surface area (Å²) >= 11 is 0. The molecule has 1 saturated heterocycles. The lowest BCUT2D eigenvalue weighted by Crippen LogP contribution is -2.33. The molecule has 0 aromatic heterocycles. The molecular weight excluding hydrogens is 318 g/mol. The molecule has 140 valence electrons. The Bertz CT molecular complexity index is 518. The molecule has 0 radical (unpaired) electrons. The van der Waals surface area contributed by atoms with E-state index in [0.29, 0.717) is 25.8 Å². The minimum Gasteiger partial charge on any atom is -0.481 e. The van der Waals surface area contributed by atoms with E-state index in [0.717, 1.165) is 25.7 Å². The number of hydrogen-bond donors (Lipinski definition) is 2. The molecule has 0 saturated carbocycles. The summed E-state index contributed by atoms with van der Waals surface area (Å²) in [6.45, 7) is 4.46. The van der Waals surface area contributed by atoms with Gasteiger partial charge in [-0.1, -0.05) is 31.9 Å². The molecular formula is C20H31NO4. The van der Waals surface area contributed by atoms with E-state index in [-0.39, 0.29) is 24.3 Å². The summed E-state index contributed by atoms with van der Waals surface area (Å²) in [7, 11) is 0. The smallest absolute Gasteiger partial charge is 0.303 e. The van der Waals surface area contributed by atoms with E-state index in [1.54, 1.807) is 13.0 Å². The number of rotatable bonds is 11. The zero-order valence-electron chi connectivity index (χ0n) is 15.4. The van der Waals surface area contributed by atoms with Crippen molar-refractivity contribution in [2.45, 2.75) is 77.4 Å². The maximum atomic E-state index is 12.0. The van der Waals surface area contributed by atoms with Crippen molar-refractivity contribution in [3.8, 4) is 11.8 Å². The number of carbonyl (C=O) groups excluding carboxylic acids is 1. The number of aliphatic hydroxyl groups is 1. The van der Waals surface area contributed by atoms with Gasteiger partial charge in [-0.2, -0.15) is 0 Å². The van der Waals surface area contributed by atoms with Gasteiger partial charge < -0.3 is 15.1 Å². The Morgan fingerprint density at radius 1 is 1.36 bits per heavy atom. The third-order valence-electron chi connectivity index (χ3n) is 4.63. The molecule has 0 aromatic carbocycles. The minimum absolute atomic E-state index is 0.0608. The third kappa shape index (κ3) is 8.22.